The molecule has 0 bridgehead atoms. The molecule has 0 unspecified atom stereocenters. The summed E-state index contributed by atoms with van der Waals surface area (Å²) in [5, 5.41) is 11.6. The Labute approximate surface area is 102 Å². The first-order valence-electron chi connectivity index (χ1n) is 4.85. The van der Waals surface area contributed by atoms with Crippen molar-refractivity contribution >= 4 is 33.9 Å². The van der Waals surface area contributed by atoms with E-state index in [1.54, 1.807) is 0 Å². The van der Waals surface area contributed by atoms with Gasteiger partial charge in [0.05, 0.1) is 5.69 Å². The number of hydrogen-bond acceptors (Lipinski definition) is 3. The normalized spacial score (nSPS) is 11.3. The van der Waals surface area contributed by atoms with Gasteiger partial charge in [0, 0.05) is 15.8 Å². The Morgan fingerprint density at radius 1 is 1.40 bits per heavy atom. The first-order chi connectivity index (χ1) is 7.08. The molecule has 80 valence electrons. The largest absolute Gasteiger partial charge is 0.380 e. The predicted octanol–water partition coefficient (Wildman–Crippen LogP) is 2.46. The molecule has 0 atom stereocenters. The third-order valence-electron chi connectivity index (χ3n) is 2.09. The fourth-order valence-corrected chi connectivity index (χ4v) is 2.08. The van der Waals surface area contributed by atoms with Gasteiger partial charge in [-0.05, 0) is 49.4 Å². The summed E-state index contributed by atoms with van der Waals surface area (Å²) in [7, 11) is 0. The molecule has 2 aromatic rings. The molecular formula is C10H13IN4. The van der Waals surface area contributed by atoms with Crippen LogP contribution in [0, 0.1) is 10.5 Å². The first-order valence-corrected chi connectivity index (χ1v) is 5.93. The molecule has 0 saturated heterocycles. The van der Waals surface area contributed by atoms with Crippen LogP contribution in [-0.2, 0) is 0 Å². The third kappa shape index (κ3) is 2.06. The lowest BCUT2D eigenvalue weighted by atomic mass is 10.3. The van der Waals surface area contributed by atoms with E-state index >= 15 is 0 Å². The number of nitrogens with one attached hydrogen (secondary N) is 1. The van der Waals surface area contributed by atoms with Gasteiger partial charge in [0.2, 0.25) is 0 Å². The van der Waals surface area contributed by atoms with E-state index in [1.165, 1.54) is 3.57 Å². The number of halogens is 1. The summed E-state index contributed by atoms with van der Waals surface area (Å²) in [5.74, 6) is 0.912. The molecule has 1 N–H and O–H groups in total. The number of anilines is 1. The van der Waals surface area contributed by atoms with Crippen molar-refractivity contribution in [3.8, 4) is 0 Å². The summed E-state index contributed by atoms with van der Waals surface area (Å²) in [6.45, 7) is 6.18. The van der Waals surface area contributed by atoms with Gasteiger partial charge in [-0.2, -0.15) is 0 Å². The molecule has 0 amide bonds. The van der Waals surface area contributed by atoms with Crippen LogP contribution in [0.2, 0.25) is 0 Å². The van der Waals surface area contributed by atoms with Crippen molar-refractivity contribution in [1.82, 2.24) is 14.6 Å². The van der Waals surface area contributed by atoms with Gasteiger partial charge in [0.1, 0.15) is 5.82 Å². The third-order valence-corrected chi connectivity index (χ3v) is 2.68. The summed E-state index contributed by atoms with van der Waals surface area (Å²) in [6.07, 6.45) is 2.04. The lowest BCUT2D eigenvalue weighted by Crippen LogP contribution is -2.11. The standard InChI is InChI=1S/C10H13IN4/c1-6(2)12-9-4-8(11)5-15-7(3)13-14-10(9)15/h4-6,12H,1-3H3. The highest BCUT2D eigenvalue weighted by atomic mass is 127. The molecule has 15 heavy (non-hydrogen) atoms. The van der Waals surface area contributed by atoms with Crippen LogP contribution >= 0.6 is 22.6 Å². The van der Waals surface area contributed by atoms with Crippen molar-refractivity contribution in [2.45, 2.75) is 26.8 Å². The van der Waals surface area contributed by atoms with Crippen molar-refractivity contribution < 1.29 is 0 Å². The molecule has 0 spiro atoms. The molecular weight excluding hydrogens is 303 g/mol. The average molecular weight is 316 g/mol. The molecule has 5 heteroatoms. The zero-order valence-corrected chi connectivity index (χ0v) is 11.1. The van der Waals surface area contributed by atoms with Gasteiger partial charge in [-0.3, -0.25) is 4.40 Å². The van der Waals surface area contributed by atoms with E-state index in [9.17, 15) is 0 Å². The molecule has 0 aliphatic rings. The molecule has 0 aliphatic carbocycles. The maximum absolute atomic E-state index is 4.16. The van der Waals surface area contributed by atoms with Crippen molar-refractivity contribution in [1.29, 1.82) is 0 Å². The van der Waals surface area contributed by atoms with Crippen LogP contribution in [0.3, 0.4) is 0 Å². The second-order valence-corrected chi connectivity index (χ2v) is 5.06. The molecule has 2 rings (SSSR count). The maximum atomic E-state index is 4.16. The van der Waals surface area contributed by atoms with Crippen molar-refractivity contribution in [3.05, 3.63) is 21.7 Å². The predicted molar refractivity (Wildman–Crippen MR) is 69.2 cm³/mol. The number of hydrogen-bond donors (Lipinski definition) is 1. The Kier molecular flexibility index (Phi) is 2.81. The zero-order chi connectivity index (χ0) is 11.0. The Bertz CT molecular complexity index is 489. The lowest BCUT2D eigenvalue weighted by molar-refractivity contribution is 0.897. The highest BCUT2D eigenvalue weighted by Gasteiger charge is 2.08. The lowest BCUT2D eigenvalue weighted by Gasteiger charge is -2.11. The highest BCUT2D eigenvalue weighted by molar-refractivity contribution is 14.1. The molecule has 0 aliphatic heterocycles. The van der Waals surface area contributed by atoms with Gasteiger partial charge < -0.3 is 5.32 Å². The maximum Gasteiger partial charge on any atom is 0.184 e. The quantitative estimate of drug-likeness (QED) is 0.866. The van der Waals surface area contributed by atoms with Crippen LogP contribution in [0.4, 0.5) is 5.69 Å². The van der Waals surface area contributed by atoms with Crippen LogP contribution in [0.15, 0.2) is 12.3 Å². The zero-order valence-electron chi connectivity index (χ0n) is 8.95. The molecule has 0 aromatic carbocycles. The highest BCUT2D eigenvalue weighted by Crippen LogP contribution is 2.20. The molecule has 2 aromatic heterocycles. The van der Waals surface area contributed by atoms with E-state index in [-0.39, 0.29) is 0 Å². The summed E-state index contributed by atoms with van der Waals surface area (Å²) in [4.78, 5) is 0. The number of fused-ring (bicyclic) bond motifs is 1. The van der Waals surface area contributed by atoms with Crippen molar-refractivity contribution in [3.63, 3.8) is 0 Å². The summed E-state index contributed by atoms with van der Waals surface area (Å²) in [5.41, 5.74) is 1.93. The number of pyridine rings is 1. The molecule has 0 saturated carbocycles. The molecule has 0 radical (unpaired) electrons. The number of rotatable bonds is 2. The monoisotopic (exact) mass is 316 g/mol. The summed E-state index contributed by atoms with van der Waals surface area (Å²) >= 11 is 2.30. The van der Waals surface area contributed by atoms with Gasteiger partial charge >= 0.3 is 0 Å². The van der Waals surface area contributed by atoms with Crippen molar-refractivity contribution in [2.75, 3.05) is 5.32 Å². The second-order valence-electron chi connectivity index (χ2n) is 3.81. The molecule has 4 nitrogen and oxygen atoms in total. The van der Waals surface area contributed by atoms with E-state index < -0.39 is 0 Å². The summed E-state index contributed by atoms with van der Waals surface area (Å²) < 4.78 is 3.18. The fourth-order valence-electron chi connectivity index (χ4n) is 1.49. The van der Waals surface area contributed by atoms with Crippen LogP contribution < -0.4 is 5.32 Å². The fraction of sp³-hybridized carbons (Fsp3) is 0.400. The number of nitrogens with zero attached hydrogens (tertiary/aromatic N) is 3. The van der Waals surface area contributed by atoms with Gasteiger partial charge in [-0.15, -0.1) is 10.2 Å². The number of aryl methyl sites for hydroxylation is 1. The van der Waals surface area contributed by atoms with Crippen LogP contribution in [-0.4, -0.2) is 20.6 Å². The average Bonchev–Trinajstić information content (AvgIpc) is 2.47. The minimum atomic E-state index is 0.393. The van der Waals surface area contributed by atoms with Crippen LogP contribution in [0.25, 0.3) is 5.65 Å². The van der Waals surface area contributed by atoms with E-state index in [0.29, 0.717) is 6.04 Å². The number of aromatic nitrogens is 3. The SMILES string of the molecule is Cc1nnc2c(NC(C)C)cc(I)cn12. The van der Waals surface area contributed by atoms with E-state index in [0.717, 1.165) is 17.2 Å². The minimum absolute atomic E-state index is 0.393. The van der Waals surface area contributed by atoms with Gasteiger partial charge in [0.25, 0.3) is 0 Å². The topological polar surface area (TPSA) is 42.2 Å². The van der Waals surface area contributed by atoms with Crippen LogP contribution in [0.1, 0.15) is 19.7 Å². The summed E-state index contributed by atoms with van der Waals surface area (Å²) in [6, 6.07) is 2.48. The van der Waals surface area contributed by atoms with Gasteiger partial charge in [0.15, 0.2) is 5.65 Å². The first kappa shape index (κ1) is 10.7. The minimum Gasteiger partial charge on any atom is -0.380 e. The Morgan fingerprint density at radius 2 is 2.13 bits per heavy atom. The van der Waals surface area contributed by atoms with Gasteiger partial charge in [-0.1, -0.05) is 0 Å². The van der Waals surface area contributed by atoms with Crippen LogP contribution in [0.5, 0.6) is 0 Å². The molecule has 0 fully saturated rings. The van der Waals surface area contributed by atoms with E-state index in [1.807, 2.05) is 17.5 Å². The van der Waals surface area contributed by atoms with E-state index in [2.05, 4.69) is 58.0 Å². The Balaban J connectivity index is 2.61. The smallest absolute Gasteiger partial charge is 0.184 e. The van der Waals surface area contributed by atoms with Crippen molar-refractivity contribution in [2.24, 2.45) is 0 Å². The second kappa shape index (κ2) is 3.96. The van der Waals surface area contributed by atoms with Gasteiger partial charge in [-0.25, -0.2) is 0 Å². The van der Waals surface area contributed by atoms with E-state index in [4.69, 9.17) is 0 Å². The Hall–Kier alpha value is -0.850. The molecule has 2 heterocycles. The Morgan fingerprint density at radius 3 is 2.80 bits per heavy atom.